The largest absolute Gasteiger partial charge is 0.804 e. The number of para-hydroxylation sites is 1. The summed E-state index contributed by atoms with van der Waals surface area (Å²) in [6, 6.07) is 8.88. The van der Waals surface area contributed by atoms with Crippen LogP contribution in [0.5, 0.6) is 5.75 Å². The van der Waals surface area contributed by atoms with Gasteiger partial charge in [0.1, 0.15) is 0 Å². The highest BCUT2D eigenvalue weighted by Crippen LogP contribution is 2.27. The van der Waals surface area contributed by atoms with E-state index < -0.39 is 8.25 Å². The van der Waals surface area contributed by atoms with Crippen LogP contribution in [0.25, 0.3) is 0 Å². The minimum atomic E-state index is -2.10. The van der Waals surface area contributed by atoms with Gasteiger partial charge in [0.15, 0.2) is 12.0 Å². The van der Waals surface area contributed by atoms with E-state index >= 15 is 0 Å². The lowest BCUT2D eigenvalue weighted by atomic mass is 10.3. The molecule has 1 rings (SSSR count). The van der Waals surface area contributed by atoms with Crippen LogP contribution in [0, 0.1) is 0 Å². The first kappa shape index (κ1) is 9.75. The maximum atomic E-state index is 11.0. The van der Waals surface area contributed by atoms with Gasteiger partial charge in [-0.1, -0.05) is 18.2 Å². The molecule has 0 radical (unpaired) electrons. The molecule has 4 heteroatoms. The van der Waals surface area contributed by atoms with Crippen molar-refractivity contribution in [3.05, 3.63) is 42.7 Å². The Morgan fingerprint density at radius 2 is 2.00 bits per heavy atom. The third-order valence-corrected chi connectivity index (χ3v) is 1.86. The van der Waals surface area contributed by atoms with Crippen molar-refractivity contribution in [2.24, 2.45) is 0 Å². The minimum Gasteiger partial charge on any atom is -0.231 e. The van der Waals surface area contributed by atoms with Crippen molar-refractivity contribution in [3.8, 4) is 5.75 Å². The van der Waals surface area contributed by atoms with Gasteiger partial charge in [-0.2, -0.15) is 0 Å². The molecule has 0 saturated carbocycles. The van der Waals surface area contributed by atoms with Gasteiger partial charge in [0, 0.05) is 4.57 Å². The molecule has 0 aliphatic rings. The molecule has 0 fully saturated rings. The van der Waals surface area contributed by atoms with Crippen LogP contribution >= 0.6 is 8.25 Å². The lowest BCUT2D eigenvalue weighted by molar-refractivity contribution is 0.383. The van der Waals surface area contributed by atoms with E-state index in [1.807, 2.05) is 6.07 Å². The van der Waals surface area contributed by atoms with Crippen molar-refractivity contribution >= 4 is 8.25 Å². The summed E-state index contributed by atoms with van der Waals surface area (Å²) in [7, 11) is -2.10. The van der Waals surface area contributed by atoms with Crippen LogP contribution in [0.15, 0.2) is 42.7 Å². The Morgan fingerprint density at radius 3 is 2.62 bits per heavy atom. The van der Waals surface area contributed by atoms with Gasteiger partial charge in [0.25, 0.3) is 0 Å². The van der Waals surface area contributed by atoms with Crippen molar-refractivity contribution in [2.45, 2.75) is 6.92 Å². The lowest BCUT2D eigenvalue weighted by Crippen LogP contribution is -1.80. The Bertz CT molecular complexity index is 295. The van der Waals surface area contributed by atoms with Gasteiger partial charge < -0.3 is 0 Å². The van der Waals surface area contributed by atoms with E-state index in [1.165, 1.54) is 6.26 Å². The predicted octanol–water partition coefficient (Wildman–Crippen LogP) is 3.27. The summed E-state index contributed by atoms with van der Waals surface area (Å²) in [6.45, 7) is 1.77. The van der Waals surface area contributed by atoms with Crippen LogP contribution in [0.3, 0.4) is 0 Å². The topological polar surface area (TPSA) is 35.5 Å². The number of allylic oxidation sites excluding steroid dienone is 1. The van der Waals surface area contributed by atoms with Gasteiger partial charge in [0.2, 0.25) is 0 Å². The van der Waals surface area contributed by atoms with Crippen LogP contribution in [0.1, 0.15) is 6.92 Å². The summed E-state index contributed by atoms with van der Waals surface area (Å²) in [5.41, 5.74) is 0. The molecule has 0 amide bonds. The van der Waals surface area contributed by atoms with Gasteiger partial charge in [-0.05, 0) is 25.1 Å². The molecule has 0 aromatic heterocycles. The molecule has 0 bridgehead atoms. The highest BCUT2D eigenvalue weighted by Gasteiger charge is 2.20. The average molecular weight is 197 g/mol. The maximum Gasteiger partial charge on any atom is 0.804 e. The zero-order valence-corrected chi connectivity index (χ0v) is 8.11. The second kappa shape index (κ2) is 5.33. The fraction of sp³-hybridized carbons (Fsp3) is 0.111. The van der Waals surface area contributed by atoms with E-state index in [0.717, 1.165) is 0 Å². The second-order valence-corrected chi connectivity index (χ2v) is 3.04. The summed E-state index contributed by atoms with van der Waals surface area (Å²) in [6.07, 6.45) is 2.98. The quantitative estimate of drug-likeness (QED) is 0.548. The van der Waals surface area contributed by atoms with Gasteiger partial charge in [-0.15, -0.1) is 0 Å². The zero-order chi connectivity index (χ0) is 9.52. The Morgan fingerprint density at radius 1 is 1.31 bits per heavy atom. The van der Waals surface area contributed by atoms with Crippen LogP contribution in [-0.2, 0) is 9.09 Å². The Labute approximate surface area is 77.9 Å². The summed E-state index contributed by atoms with van der Waals surface area (Å²) >= 11 is 0. The molecule has 0 N–H and O–H groups in total. The third-order valence-electron chi connectivity index (χ3n) is 1.21. The Kier molecular flexibility index (Phi) is 4.00. The molecule has 0 saturated heterocycles. The number of rotatable bonds is 4. The Balaban J connectivity index is 2.46. The van der Waals surface area contributed by atoms with Gasteiger partial charge >= 0.3 is 8.25 Å². The van der Waals surface area contributed by atoms with E-state index in [4.69, 9.17) is 9.05 Å². The molecule has 1 aromatic carbocycles. The zero-order valence-electron chi connectivity index (χ0n) is 7.21. The molecule has 0 heterocycles. The lowest BCUT2D eigenvalue weighted by Gasteiger charge is -1.88. The van der Waals surface area contributed by atoms with E-state index in [1.54, 1.807) is 37.3 Å². The van der Waals surface area contributed by atoms with E-state index in [9.17, 15) is 4.57 Å². The molecule has 3 nitrogen and oxygen atoms in total. The van der Waals surface area contributed by atoms with Crippen molar-refractivity contribution < 1.29 is 13.6 Å². The highest BCUT2D eigenvalue weighted by molar-refractivity contribution is 7.33. The SMILES string of the molecule is CC=CO[P+](=O)Oc1ccccc1. The first-order chi connectivity index (χ1) is 6.33. The van der Waals surface area contributed by atoms with Gasteiger partial charge in [-0.3, -0.25) is 0 Å². The van der Waals surface area contributed by atoms with Crippen molar-refractivity contribution in [3.63, 3.8) is 0 Å². The molecule has 68 valence electrons. The van der Waals surface area contributed by atoms with Crippen molar-refractivity contribution in [1.29, 1.82) is 0 Å². The Hall–Kier alpha value is -1.34. The van der Waals surface area contributed by atoms with E-state index in [-0.39, 0.29) is 0 Å². The minimum absolute atomic E-state index is 0.535. The number of hydrogen-bond acceptors (Lipinski definition) is 3. The predicted molar refractivity (Wildman–Crippen MR) is 50.6 cm³/mol. The molecular formula is C9H10O3P+. The molecule has 1 unspecified atom stereocenters. The molecule has 0 spiro atoms. The van der Waals surface area contributed by atoms with E-state index in [0.29, 0.717) is 5.75 Å². The number of hydrogen-bond donors (Lipinski definition) is 0. The molecule has 0 aliphatic carbocycles. The smallest absolute Gasteiger partial charge is 0.231 e. The molecule has 1 atom stereocenters. The fourth-order valence-electron chi connectivity index (χ4n) is 0.699. The molecule has 13 heavy (non-hydrogen) atoms. The summed E-state index contributed by atoms with van der Waals surface area (Å²) in [4.78, 5) is 0. The summed E-state index contributed by atoms with van der Waals surface area (Å²) in [5, 5.41) is 0. The molecule has 1 aromatic rings. The monoisotopic (exact) mass is 197 g/mol. The van der Waals surface area contributed by atoms with Crippen LogP contribution in [0.2, 0.25) is 0 Å². The van der Waals surface area contributed by atoms with Gasteiger partial charge in [-0.25, -0.2) is 9.05 Å². The van der Waals surface area contributed by atoms with Crippen LogP contribution < -0.4 is 4.52 Å². The standard InChI is InChI=1S/C9H10O3P/c1-2-8-11-13(10)12-9-6-4-3-5-7-9/h2-8H,1H3/q+1. The van der Waals surface area contributed by atoms with E-state index in [2.05, 4.69) is 0 Å². The fourth-order valence-corrected chi connectivity index (χ4v) is 1.26. The summed E-state index contributed by atoms with van der Waals surface area (Å²) in [5.74, 6) is 0.535. The van der Waals surface area contributed by atoms with Crippen molar-refractivity contribution in [1.82, 2.24) is 0 Å². The molecular weight excluding hydrogens is 187 g/mol. The first-order valence-corrected chi connectivity index (χ1v) is 4.90. The number of benzene rings is 1. The normalized spacial score (nSPS) is 11.3. The van der Waals surface area contributed by atoms with Crippen LogP contribution in [-0.4, -0.2) is 0 Å². The molecule has 0 aliphatic heterocycles. The first-order valence-electron chi connectivity index (χ1n) is 3.81. The highest BCUT2D eigenvalue weighted by atomic mass is 31.1. The van der Waals surface area contributed by atoms with Crippen molar-refractivity contribution in [2.75, 3.05) is 0 Å². The van der Waals surface area contributed by atoms with Crippen LogP contribution in [0.4, 0.5) is 0 Å². The van der Waals surface area contributed by atoms with Gasteiger partial charge in [0.05, 0.1) is 0 Å². The third kappa shape index (κ3) is 3.72. The second-order valence-electron chi connectivity index (χ2n) is 2.20. The average Bonchev–Trinajstić information content (AvgIpc) is 2.16. The maximum absolute atomic E-state index is 11.0. The summed E-state index contributed by atoms with van der Waals surface area (Å²) < 4.78 is 20.7.